The summed E-state index contributed by atoms with van der Waals surface area (Å²) >= 11 is 1.38. The molecule has 1 aromatic heterocycles. The van der Waals surface area contributed by atoms with Crippen LogP contribution < -0.4 is 15.4 Å². The van der Waals surface area contributed by atoms with Gasteiger partial charge in [-0.15, -0.1) is 0 Å². The lowest BCUT2D eigenvalue weighted by Gasteiger charge is -2.04. The van der Waals surface area contributed by atoms with Gasteiger partial charge in [-0.05, 0) is 31.8 Å². The Bertz CT molecular complexity index is 343. The van der Waals surface area contributed by atoms with E-state index in [2.05, 4.69) is 20.5 Å². The molecular formula is C10H18N4O2S. The van der Waals surface area contributed by atoms with Crippen molar-refractivity contribution in [1.82, 2.24) is 20.5 Å². The molecule has 6 nitrogen and oxygen atoms in total. The van der Waals surface area contributed by atoms with Crippen LogP contribution in [0, 0.1) is 6.92 Å². The normalized spacial score (nSPS) is 10.2. The van der Waals surface area contributed by atoms with E-state index in [-0.39, 0.29) is 6.03 Å². The van der Waals surface area contributed by atoms with Crippen molar-refractivity contribution >= 4 is 18.0 Å². The fourth-order valence-electron chi connectivity index (χ4n) is 1.20. The van der Waals surface area contributed by atoms with Crippen LogP contribution in [0.4, 0.5) is 4.79 Å². The second-order valence-corrected chi connectivity index (χ2v) is 4.34. The van der Waals surface area contributed by atoms with Crippen LogP contribution in [0.15, 0.2) is 10.7 Å². The topological polar surface area (TPSA) is 79.2 Å². The van der Waals surface area contributed by atoms with Crippen molar-refractivity contribution in [2.24, 2.45) is 0 Å². The predicted molar refractivity (Wildman–Crippen MR) is 67.9 cm³/mol. The van der Waals surface area contributed by atoms with E-state index in [1.807, 2.05) is 6.92 Å². The van der Waals surface area contributed by atoms with E-state index in [9.17, 15) is 4.79 Å². The maximum Gasteiger partial charge on any atom is 0.324 e. The molecule has 96 valence electrons. The second-order valence-electron chi connectivity index (χ2n) is 3.44. The summed E-state index contributed by atoms with van der Waals surface area (Å²) in [5, 5.41) is 9.48. The third kappa shape index (κ3) is 5.60. The maximum atomic E-state index is 10.8. The second kappa shape index (κ2) is 7.97. The predicted octanol–water partition coefficient (Wildman–Crippen LogP) is 0.692. The van der Waals surface area contributed by atoms with Gasteiger partial charge in [0.25, 0.3) is 0 Å². The van der Waals surface area contributed by atoms with Crippen molar-refractivity contribution in [2.75, 3.05) is 25.9 Å². The summed E-state index contributed by atoms with van der Waals surface area (Å²) in [6, 6.07) is -0.171. The minimum atomic E-state index is -0.171. The quantitative estimate of drug-likeness (QED) is 0.495. The van der Waals surface area contributed by atoms with E-state index in [4.69, 9.17) is 4.52 Å². The molecule has 0 saturated carbocycles. The summed E-state index contributed by atoms with van der Waals surface area (Å²) in [7, 11) is 1.59. The SMILES string of the molecule is CNC(=O)NSCCNCCc1cnoc1C. The van der Waals surface area contributed by atoms with Gasteiger partial charge >= 0.3 is 6.03 Å². The maximum absolute atomic E-state index is 10.8. The third-order valence-corrected chi connectivity index (χ3v) is 2.93. The van der Waals surface area contributed by atoms with E-state index in [0.29, 0.717) is 0 Å². The summed E-state index contributed by atoms with van der Waals surface area (Å²) in [5.74, 6) is 1.71. The number of aromatic nitrogens is 1. The number of urea groups is 1. The zero-order valence-electron chi connectivity index (χ0n) is 10.1. The minimum Gasteiger partial charge on any atom is -0.361 e. The molecule has 0 bridgehead atoms. The summed E-state index contributed by atoms with van der Waals surface area (Å²) in [6.07, 6.45) is 2.65. The molecule has 1 rings (SSSR count). The highest BCUT2D eigenvalue weighted by Crippen LogP contribution is 2.05. The molecule has 0 saturated heterocycles. The van der Waals surface area contributed by atoms with Crippen LogP contribution in [-0.2, 0) is 6.42 Å². The van der Waals surface area contributed by atoms with E-state index in [1.54, 1.807) is 13.2 Å². The number of hydrogen-bond acceptors (Lipinski definition) is 5. The van der Waals surface area contributed by atoms with E-state index >= 15 is 0 Å². The monoisotopic (exact) mass is 258 g/mol. The van der Waals surface area contributed by atoms with E-state index in [0.717, 1.165) is 36.6 Å². The summed E-state index contributed by atoms with van der Waals surface area (Å²) in [6.45, 7) is 3.63. The summed E-state index contributed by atoms with van der Waals surface area (Å²) < 4.78 is 7.61. The van der Waals surface area contributed by atoms with E-state index < -0.39 is 0 Å². The van der Waals surface area contributed by atoms with Gasteiger partial charge in [-0.25, -0.2) is 4.79 Å². The van der Waals surface area contributed by atoms with Gasteiger partial charge in [-0.3, -0.25) is 4.72 Å². The highest BCUT2D eigenvalue weighted by atomic mass is 32.2. The van der Waals surface area contributed by atoms with Gasteiger partial charge in [-0.2, -0.15) is 0 Å². The van der Waals surface area contributed by atoms with Crippen LogP contribution in [-0.4, -0.2) is 37.1 Å². The van der Waals surface area contributed by atoms with Gasteiger partial charge in [0, 0.05) is 24.9 Å². The lowest BCUT2D eigenvalue weighted by Crippen LogP contribution is -2.29. The molecule has 1 aromatic rings. The Balaban J connectivity index is 1.95. The first-order valence-electron chi connectivity index (χ1n) is 5.44. The Labute approximate surface area is 105 Å². The molecule has 17 heavy (non-hydrogen) atoms. The molecule has 7 heteroatoms. The number of nitrogens with zero attached hydrogens (tertiary/aromatic N) is 1. The third-order valence-electron chi connectivity index (χ3n) is 2.19. The van der Waals surface area contributed by atoms with Crippen molar-refractivity contribution in [3.05, 3.63) is 17.5 Å². The van der Waals surface area contributed by atoms with Gasteiger partial charge in [0.2, 0.25) is 0 Å². The van der Waals surface area contributed by atoms with Crippen molar-refractivity contribution in [2.45, 2.75) is 13.3 Å². The van der Waals surface area contributed by atoms with Crippen molar-refractivity contribution in [3.8, 4) is 0 Å². The molecule has 0 aromatic carbocycles. The minimum absolute atomic E-state index is 0.171. The number of rotatable bonds is 7. The average molecular weight is 258 g/mol. The number of hydrogen-bond donors (Lipinski definition) is 3. The van der Waals surface area contributed by atoms with Crippen molar-refractivity contribution in [3.63, 3.8) is 0 Å². The smallest absolute Gasteiger partial charge is 0.324 e. The lowest BCUT2D eigenvalue weighted by atomic mass is 10.2. The van der Waals surface area contributed by atoms with Crippen molar-refractivity contribution < 1.29 is 9.32 Å². The first kappa shape index (κ1) is 13.9. The van der Waals surface area contributed by atoms with Crippen LogP contribution in [0.1, 0.15) is 11.3 Å². The number of aryl methyl sites for hydroxylation is 1. The van der Waals surface area contributed by atoms with Crippen molar-refractivity contribution in [1.29, 1.82) is 0 Å². The molecule has 2 amide bonds. The Morgan fingerprint density at radius 1 is 1.53 bits per heavy atom. The Kier molecular flexibility index (Phi) is 6.49. The molecule has 1 heterocycles. The first-order chi connectivity index (χ1) is 8.24. The van der Waals surface area contributed by atoms with Crippen LogP contribution in [0.25, 0.3) is 0 Å². The highest BCUT2D eigenvalue weighted by Gasteiger charge is 2.01. The summed E-state index contributed by atoms with van der Waals surface area (Å²) in [4.78, 5) is 10.8. The number of carbonyl (C=O) groups excluding carboxylic acids is 1. The molecular weight excluding hydrogens is 240 g/mol. The molecule has 0 unspecified atom stereocenters. The van der Waals surface area contributed by atoms with Gasteiger partial charge in [-0.1, -0.05) is 5.16 Å². The molecule has 3 N–H and O–H groups in total. The average Bonchev–Trinajstić information content (AvgIpc) is 2.73. The molecule has 0 atom stereocenters. The standard InChI is InChI=1S/C10H18N4O2S/c1-8-9(7-13-16-8)3-4-12-5-6-17-14-10(15)11-2/h7,12H,3-6H2,1-2H3,(H2,11,14,15). The Hall–Kier alpha value is -1.21. The molecule has 0 aliphatic carbocycles. The summed E-state index contributed by atoms with van der Waals surface area (Å²) in [5.41, 5.74) is 1.13. The largest absolute Gasteiger partial charge is 0.361 e. The molecule has 0 radical (unpaired) electrons. The fourth-order valence-corrected chi connectivity index (χ4v) is 1.78. The molecule has 0 fully saturated rings. The van der Waals surface area contributed by atoms with E-state index in [1.165, 1.54) is 11.9 Å². The Morgan fingerprint density at radius 2 is 2.35 bits per heavy atom. The van der Waals surface area contributed by atoms with Crippen LogP contribution >= 0.6 is 11.9 Å². The number of amides is 2. The van der Waals surface area contributed by atoms with Gasteiger partial charge < -0.3 is 15.2 Å². The molecule has 0 aliphatic heterocycles. The fraction of sp³-hybridized carbons (Fsp3) is 0.600. The highest BCUT2D eigenvalue weighted by molar-refractivity contribution is 7.97. The molecule has 0 spiro atoms. The van der Waals surface area contributed by atoms with Gasteiger partial charge in [0.1, 0.15) is 5.76 Å². The first-order valence-corrected chi connectivity index (χ1v) is 6.43. The van der Waals surface area contributed by atoms with Crippen LogP contribution in [0.2, 0.25) is 0 Å². The number of carbonyl (C=O) groups is 1. The zero-order valence-corrected chi connectivity index (χ0v) is 10.9. The van der Waals surface area contributed by atoms with Crippen LogP contribution in [0.3, 0.4) is 0 Å². The van der Waals surface area contributed by atoms with Gasteiger partial charge in [0.15, 0.2) is 0 Å². The van der Waals surface area contributed by atoms with Gasteiger partial charge in [0.05, 0.1) is 6.20 Å². The zero-order chi connectivity index (χ0) is 12.5. The lowest BCUT2D eigenvalue weighted by molar-refractivity contribution is 0.248. The number of nitrogens with one attached hydrogen (secondary N) is 3. The van der Waals surface area contributed by atoms with Crippen LogP contribution in [0.5, 0.6) is 0 Å². The Morgan fingerprint density at radius 3 is 3.00 bits per heavy atom. The molecule has 0 aliphatic rings.